The second-order valence-electron chi connectivity index (χ2n) is 5.60. The summed E-state index contributed by atoms with van der Waals surface area (Å²) >= 11 is 0. The summed E-state index contributed by atoms with van der Waals surface area (Å²) in [6, 6.07) is 9.72. The van der Waals surface area contributed by atoms with Gasteiger partial charge in [0.2, 0.25) is 0 Å². The minimum atomic E-state index is 0.705. The average Bonchev–Trinajstić information content (AvgIpc) is 3.10. The van der Waals surface area contributed by atoms with E-state index in [1.807, 2.05) is 0 Å². The summed E-state index contributed by atoms with van der Waals surface area (Å²) in [6.07, 6.45) is 2.71. The molecule has 2 heteroatoms. The van der Waals surface area contributed by atoms with Crippen LogP contribution in [0.4, 0.5) is 5.69 Å². The van der Waals surface area contributed by atoms with Gasteiger partial charge in [-0.25, -0.2) is 0 Å². The molecule has 0 heterocycles. The largest absolute Gasteiger partial charge is 0.374 e. The zero-order chi connectivity index (χ0) is 12.3. The van der Waals surface area contributed by atoms with Gasteiger partial charge in [0.15, 0.2) is 0 Å². The van der Waals surface area contributed by atoms with Crippen LogP contribution in [0.25, 0.3) is 0 Å². The smallest absolute Gasteiger partial charge is 0.0363 e. The van der Waals surface area contributed by atoms with Gasteiger partial charge in [-0.05, 0) is 36.5 Å². The standard InChI is InChI=1S/C15H24N2/c1-12(2)11-17(3)15-8-4-13(5-9-15)10-16-14-6-7-14/h4-5,8-9,12,14,16H,6-7,10-11H2,1-3H3. The normalized spacial score (nSPS) is 15.3. The molecule has 0 bridgehead atoms. The van der Waals surface area contributed by atoms with Crippen molar-refractivity contribution < 1.29 is 0 Å². The maximum Gasteiger partial charge on any atom is 0.0363 e. The molecular weight excluding hydrogens is 208 g/mol. The van der Waals surface area contributed by atoms with E-state index in [-0.39, 0.29) is 0 Å². The summed E-state index contributed by atoms with van der Waals surface area (Å²) in [5.41, 5.74) is 2.70. The predicted molar refractivity (Wildman–Crippen MR) is 74.4 cm³/mol. The zero-order valence-electron chi connectivity index (χ0n) is 11.2. The quantitative estimate of drug-likeness (QED) is 0.811. The van der Waals surface area contributed by atoms with Crippen LogP contribution in [0, 0.1) is 5.92 Å². The van der Waals surface area contributed by atoms with Crippen molar-refractivity contribution in [2.24, 2.45) is 5.92 Å². The Bertz CT molecular complexity index is 338. The van der Waals surface area contributed by atoms with E-state index < -0.39 is 0 Å². The maximum atomic E-state index is 3.54. The van der Waals surface area contributed by atoms with Gasteiger partial charge < -0.3 is 10.2 Å². The molecule has 1 aromatic carbocycles. The molecule has 1 fully saturated rings. The molecule has 0 unspecified atom stereocenters. The number of hydrogen-bond acceptors (Lipinski definition) is 2. The highest BCUT2D eigenvalue weighted by molar-refractivity contribution is 5.46. The van der Waals surface area contributed by atoms with E-state index in [9.17, 15) is 0 Å². The first-order valence-electron chi connectivity index (χ1n) is 6.68. The Morgan fingerprint density at radius 1 is 1.24 bits per heavy atom. The maximum absolute atomic E-state index is 3.54. The Balaban J connectivity index is 1.87. The molecule has 1 aromatic rings. The van der Waals surface area contributed by atoms with Crippen LogP contribution in [0.5, 0.6) is 0 Å². The minimum absolute atomic E-state index is 0.705. The lowest BCUT2D eigenvalue weighted by molar-refractivity contribution is 0.638. The third-order valence-electron chi connectivity index (χ3n) is 3.19. The highest BCUT2D eigenvalue weighted by Crippen LogP contribution is 2.20. The molecule has 1 aliphatic carbocycles. The fraction of sp³-hybridized carbons (Fsp3) is 0.600. The Morgan fingerprint density at radius 2 is 1.88 bits per heavy atom. The van der Waals surface area contributed by atoms with Crippen molar-refractivity contribution in [1.82, 2.24) is 5.32 Å². The molecule has 2 nitrogen and oxygen atoms in total. The molecule has 1 N–H and O–H groups in total. The monoisotopic (exact) mass is 232 g/mol. The van der Waals surface area contributed by atoms with E-state index in [0.717, 1.165) is 19.1 Å². The second kappa shape index (κ2) is 5.54. The summed E-state index contributed by atoms with van der Waals surface area (Å²) < 4.78 is 0. The van der Waals surface area contributed by atoms with Gasteiger partial charge in [-0.15, -0.1) is 0 Å². The molecule has 17 heavy (non-hydrogen) atoms. The summed E-state index contributed by atoms with van der Waals surface area (Å²) in [5, 5.41) is 3.54. The van der Waals surface area contributed by atoms with Crippen molar-refractivity contribution in [3.05, 3.63) is 29.8 Å². The molecular formula is C15H24N2. The number of anilines is 1. The average molecular weight is 232 g/mol. The SMILES string of the molecule is CC(C)CN(C)c1ccc(CNC2CC2)cc1. The van der Waals surface area contributed by atoms with Gasteiger partial charge in [0, 0.05) is 31.9 Å². The first-order chi connectivity index (χ1) is 8.15. The Hall–Kier alpha value is -1.02. The van der Waals surface area contributed by atoms with Crippen LogP contribution >= 0.6 is 0 Å². The third kappa shape index (κ3) is 4.04. The van der Waals surface area contributed by atoms with Gasteiger partial charge in [0.05, 0.1) is 0 Å². The fourth-order valence-electron chi connectivity index (χ4n) is 2.07. The van der Waals surface area contributed by atoms with Crippen molar-refractivity contribution in [3.63, 3.8) is 0 Å². The topological polar surface area (TPSA) is 15.3 Å². The molecule has 0 aromatic heterocycles. The fourth-order valence-corrected chi connectivity index (χ4v) is 2.07. The Labute approximate surface area is 105 Å². The number of rotatable bonds is 6. The van der Waals surface area contributed by atoms with Gasteiger partial charge in [-0.1, -0.05) is 26.0 Å². The Morgan fingerprint density at radius 3 is 2.41 bits per heavy atom. The number of nitrogens with one attached hydrogen (secondary N) is 1. The molecule has 1 aliphatic rings. The lowest BCUT2D eigenvalue weighted by atomic mass is 10.1. The first kappa shape index (κ1) is 12.4. The van der Waals surface area contributed by atoms with Crippen LogP contribution in [0.2, 0.25) is 0 Å². The number of hydrogen-bond donors (Lipinski definition) is 1. The first-order valence-corrected chi connectivity index (χ1v) is 6.68. The van der Waals surface area contributed by atoms with Crippen LogP contribution in [-0.2, 0) is 6.54 Å². The van der Waals surface area contributed by atoms with Crippen LogP contribution < -0.4 is 10.2 Å². The van der Waals surface area contributed by atoms with Crippen molar-refractivity contribution in [2.45, 2.75) is 39.3 Å². The van der Waals surface area contributed by atoms with Crippen LogP contribution in [-0.4, -0.2) is 19.6 Å². The summed E-state index contributed by atoms with van der Waals surface area (Å²) in [4.78, 5) is 2.32. The highest BCUT2D eigenvalue weighted by Gasteiger charge is 2.19. The van der Waals surface area contributed by atoms with Crippen molar-refractivity contribution in [3.8, 4) is 0 Å². The number of benzene rings is 1. The zero-order valence-corrected chi connectivity index (χ0v) is 11.2. The lowest BCUT2D eigenvalue weighted by Crippen LogP contribution is -2.22. The van der Waals surface area contributed by atoms with E-state index in [2.05, 4.69) is 55.4 Å². The van der Waals surface area contributed by atoms with Crippen LogP contribution in [0.3, 0.4) is 0 Å². The number of nitrogens with zero attached hydrogens (tertiary/aromatic N) is 1. The molecule has 0 spiro atoms. The van der Waals surface area contributed by atoms with Crippen LogP contribution in [0.1, 0.15) is 32.3 Å². The van der Waals surface area contributed by atoms with Gasteiger partial charge in [0.25, 0.3) is 0 Å². The molecule has 0 aliphatic heterocycles. The summed E-state index contributed by atoms with van der Waals surface area (Å²) in [6.45, 7) is 6.63. The molecule has 0 saturated heterocycles. The molecule has 0 atom stereocenters. The van der Waals surface area contributed by atoms with Gasteiger partial charge in [-0.3, -0.25) is 0 Å². The molecule has 0 radical (unpaired) electrons. The van der Waals surface area contributed by atoms with Crippen LogP contribution in [0.15, 0.2) is 24.3 Å². The van der Waals surface area contributed by atoms with E-state index in [4.69, 9.17) is 0 Å². The van der Waals surface area contributed by atoms with E-state index in [1.165, 1.54) is 24.1 Å². The predicted octanol–water partition coefficient (Wildman–Crippen LogP) is 3.03. The molecule has 0 amide bonds. The summed E-state index contributed by atoms with van der Waals surface area (Å²) in [7, 11) is 2.16. The van der Waals surface area contributed by atoms with Crippen molar-refractivity contribution in [2.75, 3.05) is 18.5 Å². The Kier molecular flexibility index (Phi) is 4.06. The van der Waals surface area contributed by atoms with E-state index >= 15 is 0 Å². The van der Waals surface area contributed by atoms with Crippen molar-refractivity contribution >= 4 is 5.69 Å². The summed E-state index contributed by atoms with van der Waals surface area (Å²) in [5.74, 6) is 0.705. The van der Waals surface area contributed by atoms with Gasteiger partial charge in [-0.2, -0.15) is 0 Å². The molecule has 94 valence electrons. The molecule has 2 rings (SSSR count). The second-order valence-corrected chi connectivity index (χ2v) is 5.60. The van der Waals surface area contributed by atoms with Crippen molar-refractivity contribution in [1.29, 1.82) is 0 Å². The minimum Gasteiger partial charge on any atom is -0.374 e. The highest BCUT2D eigenvalue weighted by atomic mass is 15.1. The molecule has 1 saturated carbocycles. The van der Waals surface area contributed by atoms with Gasteiger partial charge >= 0.3 is 0 Å². The lowest BCUT2D eigenvalue weighted by Gasteiger charge is -2.21. The van der Waals surface area contributed by atoms with E-state index in [1.54, 1.807) is 0 Å². The third-order valence-corrected chi connectivity index (χ3v) is 3.19. The van der Waals surface area contributed by atoms with E-state index in [0.29, 0.717) is 5.92 Å². The van der Waals surface area contributed by atoms with Gasteiger partial charge in [0.1, 0.15) is 0 Å².